The van der Waals surface area contributed by atoms with Crippen molar-refractivity contribution in [2.24, 2.45) is 0 Å². The summed E-state index contributed by atoms with van der Waals surface area (Å²) in [5.41, 5.74) is 0. The molecule has 0 atom stereocenters. The Morgan fingerprint density at radius 2 is 2.31 bits per heavy atom. The number of nitrogens with zero attached hydrogens (tertiary/aromatic N) is 2. The third-order valence-electron chi connectivity index (χ3n) is 1.08. The normalized spacial score (nSPS) is 9.77. The molecule has 1 heterocycles. The molecule has 0 radical (unpaired) electrons. The highest BCUT2D eigenvalue weighted by Gasteiger charge is 2.06. The van der Waals surface area contributed by atoms with E-state index in [4.69, 9.17) is 11.6 Å². The molecule has 4 nitrogen and oxygen atoms in total. The van der Waals surface area contributed by atoms with Crippen LogP contribution in [0.1, 0.15) is 0 Å². The summed E-state index contributed by atoms with van der Waals surface area (Å²) in [6, 6.07) is 0. The third-order valence-corrected chi connectivity index (χ3v) is 2.26. The highest BCUT2D eigenvalue weighted by atomic mass is 79.9. The Bertz CT molecular complexity index is 334. The van der Waals surface area contributed by atoms with E-state index in [-0.39, 0.29) is 11.8 Å². The maximum Gasteiger partial charge on any atom is 0.240 e. The fourth-order valence-corrected chi connectivity index (χ4v) is 1.57. The molecule has 0 spiro atoms. The zero-order valence-corrected chi connectivity index (χ0v) is 10.1. The van der Waals surface area contributed by atoms with Crippen LogP contribution in [0.3, 0.4) is 0 Å². The van der Waals surface area contributed by atoms with E-state index in [1.165, 1.54) is 6.20 Å². The van der Waals surface area contributed by atoms with Crippen molar-refractivity contribution in [3.8, 4) is 0 Å². The lowest BCUT2D eigenvalue weighted by atomic mass is 10.6. The van der Waals surface area contributed by atoms with Gasteiger partial charge in [0.15, 0.2) is 5.82 Å². The fourth-order valence-electron chi connectivity index (χ4n) is 0.596. The molecule has 70 valence electrons. The van der Waals surface area contributed by atoms with E-state index in [1.807, 2.05) is 0 Å². The van der Waals surface area contributed by atoms with Gasteiger partial charge in [0.1, 0.15) is 15.1 Å². The SMILES string of the molecule is O=C(CCl)Nc1ncc(Br)nc1Br. The number of halogens is 3. The smallest absolute Gasteiger partial charge is 0.240 e. The second kappa shape index (κ2) is 4.88. The van der Waals surface area contributed by atoms with E-state index in [0.717, 1.165) is 0 Å². The molecule has 7 heteroatoms. The Hall–Kier alpha value is -0.200. The molecule has 0 fully saturated rings. The van der Waals surface area contributed by atoms with Gasteiger partial charge in [-0.05, 0) is 31.9 Å². The van der Waals surface area contributed by atoms with Gasteiger partial charge in [-0.1, -0.05) is 0 Å². The molecule has 0 saturated carbocycles. The van der Waals surface area contributed by atoms with Crippen molar-refractivity contribution in [2.45, 2.75) is 0 Å². The summed E-state index contributed by atoms with van der Waals surface area (Å²) in [5.74, 6) is -0.0719. The summed E-state index contributed by atoms with van der Waals surface area (Å²) < 4.78 is 1.04. The zero-order valence-electron chi connectivity index (χ0n) is 6.22. The number of aromatic nitrogens is 2. The van der Waals surface area contributed by atoms with Crippen LogP contribution in [0.2, 0.25) is 0 Å². The predicted octanol–water partition coefficient (Wildman–Crippen LogP) is 2.18. The van der Waals surface area contributed by atoms with Gasteiger partial charge in [-0.2, -0.15) is 0 Å². The third kappa shape index (κ3) is 3.21. The first-order valence-electron chi connectivity index (χ1n) is 3.17. The van der Waals surface area contributed by atoms with Crippen molar-refractivity contribution in [1.82, 2.24) is 9.97 Å². The zero-order chi connectivity index (χ0) is 9.84. The number of hydrogen-bond donors (Lipinski definition) is 1. The largest absolute Gasteiger partial charge is 0.307 e. The molecule has 0 bridgehead atoms. The molecule has 1 aromatic heterocycles. The van der Waals surface area contributed by atoms with Crippen molar-refractivity contribution in [1.29, 1.82) is 0 Å². The van der Waals surface area contributed by atoms with Crippen LogP contribution in [0.15, 0.2) is 15.4 Å². The fraction of sp³-hybridized carbons (Fsp3) is 0.167. The monoisotopic (exact) mass is 327 g/mol. The van der Waals surface area contributed by atoms with Crippen molar-refractivity contribution in [3.63, 3.8) is 0 Å². The molecule has 0 aliphatic heterocycles. The van der Waals surface area contributed by atoms with E-state index < -0.39 is 0 Å². The Morgan fingerprint density at radius 3 is 2.85 bits per heavy atom. The lowest BCUT2D eigenvalue weighted by Crippen LogP contribution is -2.14. The van der Waals surface area contributed by atoms with Gasteiger partial charge in [-0.25, -0.2) is 9.97 Å². The van der Waals surface area contributed by atoms with Crippen LogP contribution < -0.4 is 5.32 Å². The van der Waals surface area contributed by atoms with Crippen LogP contribution in [0.5, 0.6) is 0 Å². The van der Waals surface area contributed by atoms with E-state index in [1.54, 1.807) is 0 Å². The van der Waals surface area contributed by atoms with Gasteiger partial charge in [0.25, 0.3) is 0 Å². The van der Waals surface area contributed by atoms with Crippen molar-refractivity contribution in [3.05, 3.63) is 15.4 Å². The summed E-state index contributed by atoms with van der Waals surface area (Å²) in [4.78, 5) is 18.8. The Kier molecular flexibility index (Phi) is 4.08. The Morgan fingerprint density at radius 1 is 1.62 bits per heavy atom. The van der Waals surface area contributed by atoms with Gasteiger partial charge in [0.05, 0.1) is 6.20 Å². The minimum absolute atomic E-state index is 0.107. The van der Waals surface area contributed by atoms with Crippen LogP contribution in [0.4, 0.5) is 5.82 Å². The average Bonchev–Trinajstić information content (AvgIpc) is 2.09. The molecule has 1 aromatic rings. The molecule has 0 aliphatic rings. The molecular formula is C6H4Br2ClN3O. The number of carbonyl (C=O) groups excluding carboxylic acids is 1. The molecule has 0 saturated heterocycles. The second-order valence-corrected chi connectivity index (χ2v) is 3.84. The molecule has 0 aromatic carbocycles. The van der Waals surface area contributed by atoms with Gasteiger partial charge >= 0.3 is 0 Å². The summed E-state index contributed by atoms with van der Waals surface area (Å²) >= 11 is 11.6. The number of amides is 1. The van der Waals surface area contributed by atoms with Crippen LogP contribution in [0, 0.1) is 0 Å². The van der Waals surface area contributed by atoms with E-state index >= 15 is 0 Å². The molecule has 13 heavy (non-hydrogen) atoms. The van der Waals surface area contributed by atoms with E-state index in [0.29, 0.717) is 15.0 Å². The molecular weight excluding hydrogens is 325 g/mol. The molecule has 1 N–H and O–H groups in total. The van der Waals surface area contributed by atoms with Crippen LogP contribution in [-0.4, -0.2) is 21.8 Å². The number of hydrogen-bond acceptors (Lipinski definition) is 3. The predicted molar refractivity (Wildman–Crippen MR) is 56.8 cm³/mol. The maximum absolute atomic E-state index is 10.9. The van der Waals surface area contributed by atoms with Crippen LogP contribution >= 0.6 is 43.5 Å². The number of alkyl halides is 1. The average molecular weight is 329 g/mol. The minimum Gasteiger partial charge on any atom is -0.307 e. The first-order chi connectivity index (χ1) is 6.13. The quantitative estimate of drug-likeness (QED) is 0.846. The number of carbonyl (C=O) groups is 1. The van der Waals surface area contributed by atoms with Gasteiger partial charge < -0.3 is 5.32 Å². The highest BCUT2D eigenvalue weighted by molar-refractivity contribution is 9.11. The van der Waals surface area contributed by atoms with Crippen LogP contribution in [-0.2, 0) is 4.79 Å². The first-order valence-corrected chi connectivity index (χ1v) is 5.29. The van der Waals surface area contributed by atoms with Gasteiger partial charge in [-0.3, -0.25) is 4.79 Å². The molecule has 1 rings (SSSR count). The highest BCUT2D eigenvalue weighted by Crippen LogP contribution is 2.18. The summed E-state index contributed by atoms with van der Waals surface area (Å²) in [5, 5.41) is 2.47. The maximum atomic E-state index is 10.9. The number of anilines is 1. The summed E-state index contributed by atoms with van der Waals surface area (Å²) in [6.07, 6.45) is 1.48. The Balaban J connectivity index is 2.83. The minimum atomic E-state index is -0.320. The number of nitrogens with one attached hydrogen (secondary N) is 1. The second-order valence-electron chi connectivity index (χ2n) is 2.01. The standard InChI is InChI=1S/C6H4Br2ClN3O/c7-3-2-10-6(5(8)11-3)12-4(13)1-9/h2H,1H2,(H,10,12,13). The van der Waals surface area contributed by atoms with Crippen molar-refractivity contribution in [2.75, 3.05) is 11.2 Å². The first kappa shape index (κ1) is 10.9. The van der Waals surface area contributed by atoms with E-state index in [2.05, 4.69) is 47.1 Å². The van der Waals surface area contributed by atoms with Crippen molar-refractivity contribution < 1.29 is 4.79 Å². The Labute approximate surface area is 96.4 Å². The molecule has 1 amide bonds. The van der Waals surface area contributed by atoms with Gasteiger partial charge in [0, 0.05) is 0 Å². The summed E-state index contributed by atoms with van der Waals surface area (Å²) in [7, 11) is 0. The van der Waals surface area contributed by atoms with Crippen LogP contribution in [0.25, 0.3) is 0 Å². The van der Waals surface area contributed by atoms with E-state index in [9.17, 15) is 4.79 Å². The topological polar surface area (TPSA) is 54.9 Å². The summed E-state index contributed by atoms with van der Waals surface area (Å²) in [6.45, 7) is 0. The molecule has 0 aliphatic carbocycles. The lowest BCUT2D eigenvalue weighted by Gasteiger charge is -2.03. The van der Waals surface area contributed by atoms with Gasteiger partial charge in [-0.15, -0.1) is 11.6 Å². The lowest BCUT2D eigenvalue weighted by molar-refractivity contribution is -0.113. The van der Waals surface area contributed by atoms with Gasteiger partial charge in [0.2, 0.25) is 5.91 Å². The number of rotatable bonds is 2. The molecule has 0 unspecified atom stereocenters. The van der Waals surface area contributed by atoms with Crippen molar-refractivity contribution >= 4 is 55.2 Å².